The lowest BCUT2D eigenvalue weighted by Gasteiger charge is -2.46. The zero-order valence-corrected chi connectivity index (χ0v) is 32.9. The number of amides is 2. The van der Waals surface area contributed by atoms with E-state index in [1.807, 2.05) is 140 Å². The molecule has 0 unspecified atom stereocenters. The first kappa shape index (κ1) is 42.7. The number of hydrogen-bond acceptors (Lipinski definition) is 10. The van der Waals surface area contributed by atoms with Crippen molar-refractivity contribution >= 4 is 18.0 Å². The van der Waals surface area contributed by atoms with Crippen LogP contribution >= 0.6 is 0 Å². The molecule has 12 heteroatoms. The van der Waals surface area contributed by atoms with Gasteiger partial charge in [0.25, 0.3) is 0 Å². The Hall–Kier alpha value is -5.89. The molecule has 0 bridgehead atoms. The van der Waals surface area contributed by atoms with Gasteiger partial charge in [0.2, 0.25) is 5.91 Å². The Morgan fingerprint density at radius 3 is 1.46 bits per heavy atom. The van der Waals surface area contributed by atoms with E-state index >= 15 is 0 Å². The predicted octanol–water partition coefficient (Wildman–Crippen LogP) is 6.66. The van der Waals surface area contributed by atoms with Crippen LogP contribution in [0.3, 0.4) is 0 Å². The number of rotatable bonds is 20. The average Bonchev–Trinajstić information content (AvgIpc) is 3.28. The number of ether oxygens (including phenoxy) is 7. The van der Waals surface area contributed by atoms with Gasteiger partial charge in [-0.05, 0) is 27.8 Å². The van der Waals surface area contributed by atoms with Crippen LogP contribution in [0.5, 0.6) is 0 Å². The molecule has 6 atom stereocenters. The van der Waals surface area contributed by atoms with Gasteiger partial charge in [0, 0.05) is 0 Å². The predicted molar refractivity (Wildman–Crippen MR) is 218 cm³/mol. The van der Waals surface area contributed by atoms with Gasteiger partial charge in [-0.3, -0.25) is 4.79 Å². The summed E-state index contributed by atoms with van der Waals surface area (Å²) in [6, 6.07) is 46.6. The molecule has 1 heterocycles. The highest BCUT2D eigenvalue weighted by Crippen LogP contribution is 2.30. The fraction of sp³-hybridized carbons (Fsp3) is 0.298. The van der Waals surface area contributed by atoms with Crippen LogP contribution in [0, 0.1) is 0 Å². The third-order valence-electron chi connectivity index (χ3n) is 9.57. The quantitative estimate of drug-likeness (QED) is 0.0822. The van der Waals surface area contributed by atoms with E-state index in [4.69, 9.17) is 33.2 Å². The van der Waals surface area contributed by atoms with Crippen LogP contribution in [-0.2, 0) is 75.8 Å². The van der Waals surface area contributed by atoms with E-state index in [0.717, 1.165) is 27.8 Å². The highest BCUT2D eigenvalue weighted by molar-refractivity contribution is 5.88. The summed E-state index contributed by atoms with van der Waals surface area (Å²) in [6.07, 6.45) is -5.70. The first-order valence-electron chi connectivity index (χ1n) is 19.5. The lowest BCUT2D eigenvalue weighted by atomic mass is 9.96. The number of carbonyl (C=O) groups is 3. The Morgan fingerprint density at radius 1 is 0.559 bits per heavy atom. The van der Waals surface area contributed by atoms with Crippen molar-refractivity contribution in [2.75, 3.05) is 13.7 Å². The highest BCUT2D eigenvalue weighted by Gasteiger charge is 2.49. The molecule has 2 N–H and O–H groups in total. The van der Waals surface area contributed by atoms with Crippen molar-refractivity contribution in [1.29, 1.82) is 0 Å². The van der Waals surface area contributed by atoms with E-state index < -0.39 is 61.1 Å². The summed E-state index contributed by atoms with van der Waals surface area (Å²) in [6.45, 7) is 0.960. The zero-order chi connectivity index (χ0) is 41.1. The second kappa shape index (κ2) is 22.9. The van der Waals surface area contributed by atoms with Crippen molar-refractivity contribution < 1.29 is 47.5 Å². The van der Waals surface area contributed by atoms with E-state index in [0.29, 0.717) is 6.61 Å². The fourth-order valence-corrected chi connectivity index (χ4v) is 6.55. The molecule has 5 aromatic carbocycles. The molecule has 5 aromatic rings. The molecular formula is C47H50N2O10. The Morgan fingerprint density at radius 2 is 0.983 bits per heavy atom. The summed E-state index contributed by atoms with van der Waals surface area (Å²) in [7, 11) is 1.17. The molecule has 308 valence electrons. The maximum Gasteiger partial charge on any atom is 0.408 e. The molecule has 59 heavy (non-hydrogen) atoms. The normalized spacial score (nSPS) is 19.2. The van der Waals surface area contributed by atoms with E-state index in [1.54, 1.807) is 12.1 Å². The number of nitrogens with one attached hydrogen (secondary N) is 2. The van der Waals surface area contributed by atoms with Crippen molar-refractivity contribution in [3.8, 4) is 0 Å². The molecule has 2 amide bonds. The highest BCUT2D eigenvalue weighted by atomic mass is 16.6. The van der Waals surface area contributed by atoms with Gasteiger partial charge in [0.05, 0.1) is 46.6 Å². The van der Waals surface area contributed by atoms with Gasteiger partial charge in [0.15, 0.2) is 6.23 Å². The SMILES string of the molecule is COC(=O)[C@H](CC(=O)N[C@H]1O[C@H](COCc2ccccc2)[C@@H](OCc2ccccc2)[C@H](OCc2ccccc2)[C@H]1OCc1ccccc1)NC(=O)OCc1ccccc1. The average molecular weight is 803 g/mol. The first-order valence-corrected chi connectivity index (χ1v) is 19.5. The molecule has 1 saturated heterocycles. The molecule has 1 aliphatic heterocycles. The van der Waals surface area contributed by atoms with Gasteiger partial charge in [-0.1, -0.05) is 152 Å². The van der Waals surface area contributed by atoms with E-state index in [1.165, 1.54) is 7.11 Å². The number of methoxy groups -OCH3 is 1. The van der Waals surface area contributed by atoms with Gasteiger partial charge < -0.3 is 43.8 Å². The van der Waals surface area contributed by atoms with Crippen molar-refractivity contribution in [2.45, 2.75) is 76.1 Å². The van der Waals surface area contributed by atoms with Crippen molar-refractivity contribution in [2.24, 2.45) is 0 Å². The van der Waals surface area contributed by atoms with Gasteiger partial charge in [-0.25, -0.2) is 9.59 Å². The van der Waals surface area contributed by atoms with Crippen molar-refractivity contribution in [1.82, 2.24) is 10.6 Å². The van der Waals surface area contributed by atoms with Crippen LogP contribution in [0.25, 0.3) is 0 Å². The number of benzene rings is 5. The van der Waals surface area contributed by atoms with E-state index in [-0.39, 0.29) is 33.0 Å². The number of hydrogen-bond donors (Lipinski definition) is 2. The topological polar surface area (TPSA) is 140 Å². The van der Waals surface area contributed by atoms with Gasteiger partial charge >= 0.3 is 12.1 Å². The lowest BCUT2D eigenvalue weighted by molar-refractivity contribution is -0.277. The van der Waals surface area contributed by atoms with Crippen LogP contribution in [0.1, 0.15) is 34.2 Å². The van der Waals surface area contributed by atoms with Crippen LogP contribution in [0.2, 0.25) is 0 Å². The standard InChI is InChI=1S/C47H50N2O10/c1-53-46(51)39(48-47(52)58-32-38-25-15-6-16-26-38)27-41(50)49-45-44(57-31-37-23-13-5-14-24-37)43(56-30-36-21-11-4-12-22-36)42(55-29-35-19-9-3-10-20-35)40(59-45)33-54-28-34-17-7-2-8-18-34/h2-26,39-40,42-45H,27-33H2,1H3,(H,48,52)(H,49,50)/t39-,40+,42+,43-,44+,45-/m0/s1. The second-order valence-corrected chi connectivity index (χ2v) is 13.9. The van der Waals surface area contributed by atoms with E-state index in [2.05, 4.69) is 10.6 Å². The number of carbonyl (C=O) groups excluding carboxylic acids is 3. The Labute approximate surface area is 344 Å². The summed E-state index contributed by atoms with van der Waals surface area (Å²) in [4.78, 5) is 39.6. The molecular weight excluding hydrogens is 753 g/mol. The Bertz CT molecular complexity index is 1990. The minimum atomic E-state index is -1.37. The largest absolute Gasteiger partial charge is 0.467 e. The molecule has 0 spiro atoms. The molecule has 0 saturated carbocycles. The maximum atomic E-state index is 14.0. The van der Waals surface area contributed by atoms with E-state index in [9.17, 15) is 14.4 Å². The smallest absolute Gasteiger partial charge is 0.408 e. The molecule has 1 fully saturated rings. The first-order chi connectivity index (χ1) is 28.9. The monoisotopic (exact) mass is 802 g/mol. The minimum absolute atomic E-state index is 0.0330. The fourth-order valence-electron chi connectivity index (χ4n) is 6.55. The lowest BCUT2D eigenvalue weighted by Crippen LogP contribution is -2.65. The molecule has 0 aliphatic carbocycles. The molecule has 0 aromatic heterocycles. The summed E-state index contributed by atoms with van der Waals surface area (Å²) >= 11 is 0. The summed E-state index contributed by atoms with van der Waals surface area (Å²) in [5.74, 6) is -1.46. The van der Waals surface area contributed by atoms with Gasteiger partial charge in [0.1, 0.15) is 37.1 Å². The maximum absolute atomic E-state index is 14.0. The van der Waals surface area contributed by atoms with Gasteiger partial charge in [-0.15, -0.1) is 0 Å². The van der Waals surface area contributed by atoms with Crippen LogP contribution < -0.4 is 10.6 Å². The summed E-state index contributed by atoms with van der Waals surface area (Å²) < 4.78 is 43.3. The Balaban J connectivity index is 1.26. The molecule has 0 radical (unpaired) electrons. The zero-order valence-electron chi connectivity index (χ0n) is 32.9. The minimum Gasteiger partial charge on any atom is -0.467 e. The Kier molecular flexibility index (Phi) is 16.6. The number of esters is 1. The van der Waals surface area contributed by atoms with Gasteiger partial charge in [-0.2, -0.15) is 0 Å². The molecule has 1 aliphatic rings. The summed E-state index contributed by atoms with van der Waals surface area (Å²) in [5, 5.41) is 5.40. The second-order valence-electron chi connectivity index (χ2n) is 13.9. The third-order valence-corrected chi connectivity index (χ3v) is 9.57. The number of alkyl carbamates (subject to hydrolysis) is 1. The van der Waals surface area contributed by atoms with Crippen LogP contribution in [0.4, 0.5) is 4.79 Å². The van der Waals surface area contributed by atoms with Crippen molar-refractivity contribution in [3.05, 3.63) is 179 Å². The van der Waals surface area contributed by atoms with Crippen LogP contribution in [0.15, 0.2) is 152 Å². The summed E-state index contributed by atoms with van der Waals surface area (Å²) in [5.41, 5.74) is 4.48. The molecule has 12 nitrogen and oxygen atoms in total. The van der Waals surface area contributed by atoms with Crippen molar-refractivity contribution in [3.63, 3.8) is 0 Å². The third kappa shape index (κ3) is 13.6. The van der Waals surface area contributed by atoms with Crippen LogP contribution in [-0.4, -0.2) is 68.4 Å². The molecule has 6 rings (SSSR count).